The van der Waals surface area contributed by atoms with Crippen LogP contribution in [0.1, 0.15) is 93.9 Å². The number of aromatic nitrogens is 4. The molecule has 0 amide bonds. The minimum atomic E-state index is 0.190. The largest absolute Gasteiger partial charge is 0.477 e. The maximum Gasteiger partial charge on any atom is 0.245 e. The minimum absolute atomic E-state index is 0.190. The lowest BCUT2D eigenvalue weighted by Crippen LogP contribution is -2.26. The van der Waals surface area contributed by atoms with Crippen LogP contribution in [0.25, 0.3) is 22.5 Å². The lowest BCUT2D eigenvalue weighted by Gasteiger charge is -2.30. The van der Waals surface area contributed by atoms with Crippen molar-refractivity contribution in [3.63, 3.8) is 0 Å². The molecule has 2 unspecified atom stereocenters. The number of nitrogens with one attached hydrogen (secondary N) is 1. The van der Waals surface area contributed by atoms with E-state index in [0.717, 1.165) is 46.0 Å². The van der Waals surface area contributed by atoms with Gasteiger partial charge in [0, 0.05) is 34.4 Å². The summed E-state index contributed by atoms with van der Waals surface area (Å²) in [6, 6.07) is 19.2. The molecule has 1 aliphatic heterocycles. The molecule has 1 fully saturated rings. The summed E-state index contributed by atoms with van der Waals surface area (Å²) in [6.45, 7) is 15.5. The molecular formula is C38H45N5O2S. The van der Waals surface area contributed by atoms with Gasteiger partial charge in [0.05, 0.1) is 24.2 Å². The monoisotopic (exact) mass is 635 g/mol. The van der Waals surface area contributed by atoms with Crippen LogP contribution in [-0.2, 0) is 6.42 Å². The number of ether oxygens (including phenoxy) is 1. The van der Waals surface area contributed by atoms with Crippen LogP contribution in [0.2, 0.25) is 0 Å². The first-order valence-electron chi connectivity index (χ1n) is 16.6. The summed E-state index contributed by atoms with van der Waals surface area (Å²) in [7, 11) is 0. The molecule has 3 aromatic heterocycles. The second-order valence-corrected chi connectivity index (χ2v) is 14.1. The molecule has 46 heavy (non-hydrogen) atoms. The Labute approximate surface area is 277 Å². The van der Waals surface area contributed by atoms with Crippen LogP contribution in [-0.4, -0.2) is 26.5 Å². The third-order valence-electron chi connectivity index (χ3n) is 9.16. The fourth-order valence-electron chi connectivity index (χ4n) is 6.41. The average Bonchev–Trinajstić information content (AvgIpc) is 3.61. The van der Waals surface area contributed by atoms with Crippen molar-refractivity contribution in [3.05, 3.63) is 88.9 Å². The molecule has 1 aliphatic carbocycles. The molecule has 1 N–H and O–H groups in total. The predicted molar refractivity (Wildman–Crippen MR) is 187 cm³/mol. The maximum atomic E-state index is 6.64. The van der Waals surface area contributed by atoms with Crippen LogP contribution < -0.4 is 9.46 Å². The molecular weight excluding hydrogens is 591 g/mol. The van der Waals surface area contributed by atoms with Crippen molar-refractivity contribution < 1.29 is 9.15 Å². The zero-order chi connectivity index (χ0) is 32.4. The highest BCUT2D eigenvalue weighted by Gasteiger charge is 2.42. The Morgan fingerprint density at radius 1 is 0.978 bits per heavy atom. The van der Waals surface area contributed by atoms with Crippen molar-refractivity contribution in [2.24, 2.45) is 11.3 Å². The smallest absolute Gasteiger partial charge is 0.245 e. The SMILES string of the molecule is CC.Cc1cccc(C)c1-c1cc2nc(n1)NSc1cccc(c1)C(Cc1cnc3oc(C(C)C)cc3n1)C(CC1(C)CC1)CO2. The Morgan fingerprint density at radius 2 is 1.74 bits per heavy atom. The highest BCUT2D eigenvalue weighted by atomic mass is 32.2. The number of hydrogen-bond acceptors (Lipinski definition) is 8. The van der Waals surface area contributed by atoms with Crippen molar-refractivity contribution in [2.75, 3.05) is 11.3 Å². The van der Waals surface area contributed by atoms with Crippen LogP contribution >= 0.6 is 11.9 Å². The molecule has 7 rings (SSSR count). The molecule has 2 aromatic carbocycles. The van der Waals surface area contributed by atoms with E-state index in [2.05, 4.69) is 86.8 Å². The van der Waals surface area contributed by atoms with Crippen LogP contribution in [0, 0.1) is 25.2 Å². The fraction of sp³-hybridized carbons (Fsp3) is 0.421. The van der Waals surface area contributed by atoms with Gasteiger partial charge in [0.2, 0.25) is 17.5 Å². The second kappa shape index (κ2) is 13.4. The van der Waals surface area contributed by atoms with Gasteiger partial charge in [-0.25, -0.2) is 15.0 Å². The third kappa shape index (κ3) is 7.07. The third-order valence-corrected chi connectivity index (χ3v) is 9.94. The number of benzene rings is 2. The molecule has 8 heteroatoms. The van der Waals surface area contributed by atoms with Gasteiger partial charge in [-0.1, -0.05) is 65.0 Å². The maximum absolute atomic E-state index is 6.64. The van der Waals surface area contributed by atoms with Gasteiger partial charge in [-0.05, 0) is 91.6 Å². The van der Waals surface area contributed by atoms with Crippen LogP contribution in [0.5, 0.6) is 5.88 Å². The Kier molecular flexibility index (Phi) is 9.37. The lowest BCUT2D eigenvalue weighted by molar-refractivity contribution is 0.185. The van der Waals surface area contributed by atoms with Gasteiger partial charge >= 0.3 is 0 Å². The van der Waals surface area contributed by atoms with Crippen molar-refractivity contribution in [3.8, 4) is 17.1 Å². The molecule has 0 saturated heterocycles. The Bertz CT molecular complexity index is 1810. The molecule has 4 bridgehead atoms. The highest BCUT2D eigenvalue weighted by molar-refractivity contribution is 8.00. The van der Waals surface area contributed by atoms with E-state index in [1.54, 1.807) is 0 Å². The first-order chi connectivity index (χ1) is 22.2. The topological polar surface area (TPSA) is 86.0 Å². The van der Waals surface area contributed by atoms with E-state index >= 15 is 0 Å². The Balaban J connectivity index is 0.00000182. The van der Waals surface area contributed by atoms with Gasteiger partial charge in [0.25, 0.3) is 0 Å². The minimum Gasteiger partial charge on any atom is -0.477 e. The van der Waals surface area contributed by atoms with Gasteiger partial charge in [-0.3, -0.25) is 4.72 Å². The summed E-state index contributed by atoms with van der Waals surface area (Å²) in [5.74, 6) is 2.78. The van der Waals surface area contributed by atoms with Gasteiger partial charge < -0.3 is 9.15 Å². The summed E-state index contributed by atoms with van der Waals surface area (Å²) < 4.78 is 16.0. The summed E-state index contributed by atoms with van der Waals surface area (Å²) in [5.41, 5.74) is 8.36. The second-order valence-electron chi connectivity index (χ2n) is 13.2. The van der Waals surface area contributed by atoms with E-state index in [9.17, 15) is 0 Å². The summed E-state index contributed by atoms with van der Waals surface area (Å²) in [4.78, 5) is 20.5. The Morgan fingerprint density at radius 3 is 2.48 bits per heavy atom. The van der Waals surface area contributed by atoms with Gasteiger partial charge in [-0.2, -0.15) is 4.98 Å². The average molecular weight is 636 g/mol. The van der Waals surface area contributed by atoms with Crippen molar-refractivity contribution in [1.29, 1.82) is 0 Å². The standard InChI is InChI=1S/C36H39N5O2S.C2H6/c1-21(2)31-16-30-34(43-31)37-19-26(38-30)15-28-24-10-7-11-27(14-24)44-41-35-39-29(33-22(3)8-6-9-23(33)4)17-32(40-35)42-20-25(28)18-36(5)12-13-36;1-2/h6-11,14,16-17,19,21,25,28H,12-13,15,18,20H2,1-5H3,(H,39,40,41);1-2H3. The molecule has 4 heterocycles. The van der Waals surface area contributed by atoms with Gasteiger partial charge in [-0.15, -0.1) is 0 Å². The molecule has 2 atom stereocenters. The summed E-state index contributed by atoms with van der Waals surface area (Å²) >= 11 is 1.53. The molecule has 5 aromatic rings. The zero-order valence-electron chi connectivity index (χ0n) is 28.1. The molecule has 1 saturated carbocycles. The van der Waals surface area contributed by atoms with Crippen LogP contribution in [0.4, 0.5) is 5.95 Å². The molecule has 240 valence electrons. The summed E-state index contributed by atoms with van der Waals surface area (Å²) in [5, 5.41) is 0. The van der Waals surface area contributed by atoms with Gasteiger partial charge in [0.1, 0.15) is 11.3 Å². The van der Waals surface area contributed by atoms with E-state index in [1.165, 1.54) is 41.5 Å². The normalized spacial score (nSPS) is 18.4. The first-order valence-corrected chi connectivity index (χ1v) is 17.4. The predicted octanol–water partition coefficient (Wildman–Crippen LogP) is 10.1. The van der Waals surface area contributed by atoms with E-state index in [4.69, 9.17) is 24.1 Å². The number of anilines is 1. The highest BCUT2D eigenvalue weighted by Crippen LogP contribution is 2.52. The summed E-state index contributed by atoms with van der Waals surface area (Å²) in [6.07, 6.45) is 6.23. The van der Waals surface area contributed by atoms with Gasteiger partial charge in [0.15, 0.2) is 0 Å². The Hall–Kier alpha value is -3.91. The number of hydrogen-bond donors (Lipinski definition) is 1. The van der Waals surface area contributed by atoms with Crippen molar-refractivity contribution >= 4 is 29.1 Å². The lowest BCUT2D eigenvalue weighted by atomic mass is 9.78. The van der Waals surface area contributed by atoms with Crippen LogP contribution in [0.15, 0.2) is 70.1 Å². The van der Waals surface area contributed by atoms with E-state index in [0.29, 0.717) is 29.6 Å². The number of nitrogens with zero attached hydrogens (tertiary/aromatic N) is 4. The first kappa shape index (κ1) is 32.0. The molecule has 0 radical (unpaired) electrons. The quantitative estimate of drug-likeness (QED) is 0.185. The molecule has 2 aliphatic rings. The fourth-order valence-corrected chi connectivity index (χ4v) is 7.05. The van der Waals surface area contributed by atoms with Crippen molar-refractivity contribution in [2.45, 2.75) is 90.9 Å². The number of furan rings is 1. The zero-order valence-corrected chi connectivity index (χ0v) is 28.9. The number of aryl methyl sites for hydroxylation is 2. The molecule has 0 spiro atoms. The van der Waals surface area contributed by atoms with E-state index < -0.39 is 0 Å². The molecule has 7 nitrogen and oxygen atoms in total. The number of fused-ring (bicyclic) bond motifs is 5. The van der Waals surface area contributed by atoms with Crippen LogP contribution in [0.3, 0.4) is 0 Å². The van der Waals surface area contributed by atoms with E-state index in [-0.39, 0.29) is 17.8 Å². The number of rotatable bonds is 6. The van der Waals surface area contributed by atoms with E-state index in [1.807, 2.05) is 32.2 Å². The van der Waals surface area contributed by atoms with Crippen molar-refractivity contribution in [1.82, 2.24) is 19.9 Å².